The zero-order chi connectivity index (χ0) is 12.5. The molecule has 3 nitrogen and oxygen atoms in total. The van der Waals surface area contributed by atoms with E-state index in [4.69, 9.17) is 0 Å². The van der Waals surface area contributed by atoms with Crippen LogP contribution in [0.4, 0.5) is 4.39 Å². The van der Waals surface area contributed by atoms with Crippen molar-refractivity contribution in [2.24, 2.45) is 0 Å². The van der Waals surface area contributed by atoms with E-state index in [9.17, 15) is 14.0 Å². The second-order valence-electron chi connectivity index (χ2n) is 4.53. The summed E-state index contributed by atoms with van der Waals surface area (Å²) in [4.78, 5) is 22.0. The van der Waals surface area contributed by atoms with Crippen molar-refractivity contribution in [3.8, 4) is 0 Å². The average Bonchev–Trinajstić information content (AvgIpc) is 3.08. The molecule has 1 N–H and O–H groups in total. The molecule has 1 aromatic rings. The van der Waals surface area contributed by atoms with E-state index in [2.05, 4.69) is 5.32 Å². The number of halogens is 1. The van der Waals surface area contributed by atoms with Crippen LogP contribution in [0.2, 0.25) is 0 Å². The second kappa shape index (κ2) is 4.28. The van der Waals surface area contributed by atoms with Crippen LogP contribution < -0.4 is 5.32 Å². The van der Waals surface area contributed by atoms with Crippen LogP contribution in [0.25, 0.3) is 0 Å². The summed E-state index contributed by atoms with van der Waals surface area (Å²) in [5.41, 5.74) is 0.918. The highest BCUT2D eigenvalue weighted by Gasteiger charge is 2.44. The number of rotatable bonds is 4. The number of hydrogen-bond acceptors (Lipinski definition) is 2. The van der Waals surface area contributed by atoms with Gasteiger partial charge in [-0.1, -0.05) is 12.1 Å². The topological polar surface area (TPSA) is 46.2 Å². The van der Waals surface area contributed by atoms with Crippen molar-refractivity contribution in [3.63, 3.8) is 0 Å². The summed E-state index contributed by atoms with van der Waals surface area (Å²) in [7, 11) is 0. The van der Waals surface area contributed by atoms with Gasteiger partial charge in [0.2, 0.25) is 5.78 Å². The minimum atomic E-state index is -0.557. The molecule has 4 heteroatoms. The first-order chi connectivity index (χ1) is 8.03. The summed E-state index contributed by atoms with van der Waals surface area (Å²) < 4.78 is 12.8. The highest BCUT2D eigenvalue weighted by Crippen LogP contribution is 2.47. The molecule has 0 atom stereocenters. The van der Waals surface area contributed by atoms with Gasteiger partial charge in [-0.05, 0) is 30.5 Å². The third-order valence-corrected chi connectivity index (χ3v) is 3.22. The SMILES string of the molecule is CC(=O)C(=O)NCC1(c2ccc(F)cc2)CC1. The smallest absolute Gasteiger partial charge is 0.287 e. The minimum absolute atomic E-state index is 0.0984. The standard InChI is InChI=1S/C13H14FNO2/c1-9(16)12(17)15-8-13(6-7-13)10-2-4-11(14)5-3-10/h2-5H,6-8H2,1H3,(H,15,17). The Hall–Kier alpha value is -1.71. The summed E-state index contributed by atoms with van der Waals surface area (Å²) >= 11 is 0. The van der Waals surface area contributed by atoms with Gasteiger partial charge in [-0.2, -0.15) is 0 Å². The van der Waals surface area contributed by atoms with Crippen LogP contribution >= 0.6 is 0 Å². The Labute approximate surface area is 99.0 Å². The molecule has 1 saturated carbocycles. The number of carbonyl (C=O) groups excluding carboxylic acids is 2. The molecule has 1 aromatic carbocycles. The Morgan fingerprint density at radius 1 is 1.29 bits per heavy atom. The van der Waals surface area contributed by atoms with E-state index < -0.39 is 11.7 Å². The Bertz CT molecular complexity index is 449. The van der Waals surface area contributed by atoms with Crippen LogP contribution in [0.5, 0.6) is 0 Å². The molecule has 1 amide bonds. The van der Waals surface area contributed by atoms with Crippen LogP contribution in [-0.4, -0.2) is 18.2 Å². The van der Waals surface area contributed by atoms with E-state index in [0.29, 0.717) is 6.54 Å². The van der Waals surface area contributed by atoms with Crippen LogP contribution in [-0.2, 0) is 15.0 Å². The van der Waals surface area contributed by atoms with E-state index in [1.54, 1.807) is 12.1 Å². The fraction of sp³-hybridized carbons (Fsp3) is 0.385. The predicted molar refractivity (Wildman–Crippen MR) is 61.0 cm³/mol. The number of amides is 1. The first-order valence-corrected chi connectivity index (χ1v) is 5.58. The minimum Gasteiger partial charge on any atom is -0.349 e. The largest absolute Gasteiger partial charge is 0.349 e. The summed E-state index contributed by atoms with van der Waals surface area (Å²) in [5.74, 6) is -1.31. The normalized spacial score (nSPS) is 16.4. The monoisotopic (exact) mass is 235 g/mol. The van der Waals surface area contributed by atoms with E-state index >= 15 is 0 Å². The number of hydrogen-bond donors (Lipinski definition) is 1. The van der Waals surface area contributed by atoms with Crippen molar-refractivity contribution in [2.75, 3.05) is 6.54 Å². The summed E-state index contributed by atoms with van der Waals surface area (Å²) in [5, 5.41) is 2.62. The van der Waals surface area contributed by atoms with Gasteiger partial charge in [0, 0.05) is 18.9 Å². The molecule has 0 aromatic heterocycles. The van der Waals surface area contributed by atoms with Gasteiger partial charge in [0.1, 0.15) is 5.82 Å². The van der Waals surface area contributed by atoms with Gasteiger partial charge in [0.25, 0.3) is 5.91 Å². The molecule has 1 fully saturated rings. The summed E-state index contributed by atoms with van der Waals surface area (Å²) in [6, 6.07) is 6.31. The van der Waals surface area contributed by atoms with E-state index in [1.807, 2.05) is 0 Å². The quantitative estimate of drug-likeness (QED) is 0.805. The van der Waals surface area contributed by atoms with Crippen molar-refractivity contribution in [1.82, 2.24) is 5.32 Å². The maximum absolute atomic E-state index is 12.8. The zero-order valence-electron chi connectivity index (χ0n) is 9.63. The molecule has 1 aliphatic rings. The highest BCUT2D eigenvalue weighted by atomic mass is 19.1. The molecule has 1 aliphatic carbocycles. The number of nitrogens with one attached hydrogen (secondary N) is 1. The highest BCUT2D eigenvalue weighted by molar-refractivity contribution is 6.35. The van der Waals surface area contributed by atoms with Crippen molar-refractivity contribution in [2.45, 2.75) is 25.2 Å². The number of ketones is 1. The lowest BCUT2D eigenvalue weighted by molar-refractivity contribution is -0.136. The predicted octanol–water partition coefficient (Wildman–Crippen LogP) is 1.56. The Morgan fingerprint density at radius 2 is 1.88 bits per heavy atom. The van der Waals surface area contributed by atoms with Gasteiger partial charge < -0.3 is 5.32 Å². The van der Waals surface area contributed by atoms with Crippen LogP contribution in [0.1, 0.15) is 25.3 Å². The lowest BCUT2D eigenvalue weighted by atomic mass is 9.96. The maximum Gasteiger partial charge on any atom is 0.287 e. The van der Waals surface area contributed by atoms with Gasteiger partial charge in [0.05, 0.1) is 0 Å². The number of Topliss-reactive ketones (excluding diaryl/α,β-unsaturated/α-hetero) is 1. The number of carbonyl (C=O) groups is 2. The van der Waals surface area contributed by atoms with Gasteiger partial charge in [0.15, 0.2) is 0 Å². The number of benzene rings is 1. The molecule has 0 heterocycles. The van der Waals surface area contributed by atoms with Crippen molar-refractivity contribution < 1.29 is 14.0 Å². The lowest BCUT2D eigenvalue weighted by Crippen LogP contribution is -2.35. The molecule has 0 spiro atoms. The first-order valence-electron chi connectivity index (χ1n) is 5.58. The summed E-state index contributed by atoms with van der Waals surface area (Å²) in [6.07, 6.45) is 1.91. The van der Waals surface area contributed by atoms with Crippen molar-refractivity contribution >= 4 is 11.7 Å². The Balaban J connectivity index is 2.03. The molecule has 90 valence electrons. The van der Waals surface area contributed by atoms with Gasteiger partial charge >= 0.3 is 0 Å². The van der Waals surface area contributed by atoms with E-state index in [0.717, 1.165) is 18.4 Å². The molecule has 17 heavy (non-hydrogen) atoms. The average molecular weight is 235 g/mol. The summed E-state index contributed by atoms with van der Waals surface area (Å²) in [6.45, 7) is 1.68. The van der Waals surface area contributed by atoms with Crippen LogP contribution in [0.3, 0.4) is 0 Å². The van der Waals surface area contributed by atoms with Gasteiger partial charge in [-0.25, -0.2) is 4.39 Å². The van der Waals surface area contributed by atoms with Crippen molar-refractivity contribution in [3.05, 3.63) is 35.6 Å². The first kappa shape index (κ1) is 11.8. The second-order valence-corrected chi connectivity index (χ2v) is 4.53. The van der Waals surface area contributed by atoms with Gasteiger partial charge in [-0.3, -0.25) is 9.59 Å². The molecule has 0 aliphatic heterocycles. The van der Waals surface area contributed by atoms with E-state index in [-0.39, 0.29) is 11.2 Å². The fourth-order valence-corrected chi connectivity index (χ4v) is 1.90. The van der Waals surface area contributed by atoms with Crippen LogP contribution in [0.15, 0.2) is 24.3 Å². The zero-order valence-corrected chi connectivity index (χ0v) is 9.63. The van der Waals surface area contributed by atoms with Gasteiger partial charge in [-0.15, -0.1) is 0 Å². The lowest BCUT2D eigenvalue weighted by Gasteiger charge is -2.15. The molecule has 0 saturated heterocycles. The maximum atomic E-state index is 12.8. The molecular formula is C13H14FNO2. The Morgan fingerprint density at radius 3 is 2.35 bits per heavy atom. The fourth-order valence-electron chi connectivity index (χ4n) is 1.90. The third kappa shape index (κ3) is 2.52. The third-order valence-electron chi connectivity index (χ3n) is 3.22. The van der Waals surface area contributed by atoms with Crippen molar-refractivity contribution in [1.29, 1.82) is 0 Å². The van der Waals surface area contributed by atoms with Crippen LogP contribution in [0, 0.1) is 5.82 Å². The Kier molecular flexibility index (Phi) is 2.96. The molecule has 2 rings (SSSR count). The molecule has 0 bridgehead atoms. The molecule has 0 unspecified atom stereocenters. The molecule has 0 radical (unpaired) electrons. The molecular weight excluding hydrogens is 221 g/mol. The van der Waals surface area contributed by atoms with E-state index in [1.165, 1.54) is 19.1 Å².